The van der Waals surface area contributed by atoms with E-state index in [-0.39, 0.29) is 0 Å². The summed E-state index contributed by atoms with van der Waals surface area (Å²) in [7, 11) is 0. The van der Waals surface area contributed by atoms with Crippen molar-refractivity contribution < 1.29 is 5.21 Å². The third-order valence-electron chi connectivity index (χ3n) is 3.56. The van der Waals surface area contributed by atoms with E-state index in [1.165, 1.54) is 11.1 Å². The lowest BCUT2D eigenvalue weighted by Crippen LogP contribution is -1.94. The first kappa shape index (κ1) is 16.3. The minimum absolute atomic E-state index is 0.773. The van der Waals surface area contributed by atoms with Crippen LogP contribution in [0.3, 0.4) is 0 Å². The Morgan fingerprint density at radius 3 is 2.54 bits per heavy atom. The van der Waals surface area contributed by atoms with Crippen LogP contribution >= 0.6 is 11.8 Å². The molecule has 3 rings (SSSR count). The van der Waals surface area contributed by atoms with Crippen LogP contribution in [0, 0.1) is 0 Å². The van der Waals surface area contributed by atoms with Crippen molar-refractivity contribution >= 4 is 18.0 Å². The van der Waals surface area contributed by atoms with E-state index in [2.05, 4.69) is 41.4 Å². The highest BCUT2D eigenvalue weighted by Gasteiger charge is 2.11. The maximum Gasteiger partial charge on any atom is 0.102 e. The average Bonchev–Trinajstić information content (AvgIpc) is 3.05. The first-order chi connectivity index (χ1) is 11.8. The maximum absolute atomic E-state index is 8.94. The second kappa shape index (κ2) is 7.84. The maximum atomic E-state index is 8.94. The van der Waals surface area contributed by atoms with Crippen LogP contribution in [0.1, 0.15) is 18.9 Å². The molecule has 0 saturated carbocycles. The lowest BCUT2D eigenvalue weighted by molar-refractivity contribution is 0.322. The molecule has 0 saturated heterocycles. The highest BCUT2D eigenvalue weighted by molar-refractivity contribution is 7.99. The molecule has 24 heavy (non-hydrogen) atoms. The minimum atomic E-state index is 0.773. The number of aromatic nitrogens is 2. The Labute approximate surface area is 145 Å². The van der Waals surface area contributed by atoms with Gasteiger partial charge in [0.15, 0.2) is 0 Å². The van der Waals surface area contributed by atoms with Gasteiger partial charge < -0.3 is 5.21 Å². The molecule has 0 atom stereocenters. The lowest BCUT2D eigenvalue weighted by Gasteiger charge is -2.03. The van der Waals surface area contributed by atoms with E-state index in [1.54, 1.807) is 4.68 Å². The molecule has 0 fully saturated rings. The zero-order chi connectivity index (χ0) is 16.8. The largest absolute Gasteiger partial charge is 0.411 e. The average molecular weight is 337 g/mol. The Hall–Kier alpha value is -2.53. The summed E-state index contributed by atoms with van der Waals surface area (Å²) in [5.74, 6) is 1.12. The molecule has 0 spiro atoms. The van der Waals surface area contributed by atoms with Gasteiger partial charge in [-0.2, -0.15) is 5.10 Å². The van der Waals surface area contributed by atoms with Crippen LogP contribution in [0.15, 0.2) is 70.8 Å². The molecule has 1 heterocycles. The third-order valence-corrected chi connectivity index (χ3v) is 4.78. The van der Waals surface area contributed by atoms with Crippen LogP contribution in [0.25, 0.3) is 16.9 Å². The molecule has 3 aromatic rings. The molecular formula is C19H19N3OS. The molecule has 0 aliphatic carbocycles. The standard InChI is InChI=1S/C19H19N3OS/c1-2-12-24-18-10-8-15(9-11-18)19-16(13-20-23)14-22(21-19)17-6-4-3-5-7-17/h3-11,13-14,23H,2,12H2,1H3/b20-13-. The molecule has 1 N–H and O–H groups in total. The van der Waals surface area contributed by atoms with Crippen molar-refractivity contribution in [3.05, 3.63) is 66.4 Å². The van der Waals surface area contributed by atoms with E-state index in [0.29, 0.717) is 0 Å². The van der Waals surface area contributed by atoms with Crippen LogP contribution in [-0.4, -0.2) is 27.0 Å². The van der Waals surface area contributed by atoms with Gasteiger partial charge in [0.25, 0.3) is 0 Å². The molecule has 0 radical (unpaired) electrons. The molecule has 0 bridgehead atoms. The van der Waals surface area contributed by atoms with Gasteiger partial charge in [0.2, 0.25) is 0 Å². The zero-order valence-corrected chi connectivity index (χ0v) is 14.3. The number of hydrogen-bond acceptors (Lipinski definition) is 4. The Balaban J connectivity index is 1.96. The van der Waals surface area contributed by atoms with Crippen molar-refractivity contribution in [1.82, 2.24) is 9.78 Å². The smallest absolute Gasteiger partial charge is 0.102 e. The molecule has 0 unspecified atom stereocenters. The fourth-order valence-electron chi connectivity index (χ4n) is 2.41. The van der Waals surface area contributed by atoms with Gasteiger partial charge in [-0.3, -0.25) is 0 Å². The number of benzene rings is 2. The number of para-hydroxylation sites is 1. The van der Waals surface area contributed by atoms with Crippen molar-refractivity contribution in [2.24, 2.45) is 5.16 Å². The van der Waals surface area contributed by atoms with Crippen LogP contribution in [0.5, 0.6) is 0 Å². The van der Waals surface area contributed by atoms with Gasteiger partial charge >= 0.3 is 0 Å². The van der Waals surface area contributed by atoms with Gasteiger partial charge in [-0.25, -0.2) is 4.68 Å². The molecule has 4 nitrogen and oxygen atoms in total. The Morgan fingerprint density at radius 1 is 1.12 bits per heavy atom. The molecule has 0 aliphatic heterocycles. The molecule has 0 aliphatic rings. The molecular weight excluding hydrogens is 318 g/mol. The van der Waals surface area contributed by atoms with Crippen molar-refractivity contribution in [2.75, 3.05) is 5.75 Å². The van der Waals surface area contributed by atoms with E-state index < -0.39 is 0 Å². The second-order valence-corrected chi connectivity index (χ2v) is 6.50. The fourth-order valence-corrected chi connectivity index (χ4v) is 3.18. The van der Waals surface area contributed by atoms with Crippen molar-refractivity contribution in [1.29, 1.82) is 0 Å². The Kier molecular flexibility index (Phi) is 5.33. The highest BCUT2D eigenvalue weighted by Crippen LogP contribution is 2.26. The number of oxime groups is 1. The summed E-state index contributed by atoms with van der Waals surface area (Å²) in [6.07, 6.45) is 4.44. The van der Waals surface area contributed by atoms with Crippen LogP contribution in [0.4, 0.5) is 0 Å². The third kappa shape index (κ3) is 3.68. The quantitative estimate of drug-likeness (QED) is 0.303. The van der Waals surface area contributed by atoms with Gasteiger partial charge in [0.1, 0.15) is 5.69 Å². The SMILES string of the molecule is CCCSc1ccc(-c2nn(-c3ccccc3)cc2/C=N\O)cc1. The van der Waals surface area contributed by atoms with Gasteiger partial charge in [0.05, 0.1) is 11.9 Å². The van der Waals surface area contributed by atoms with E-state index in [9.17, 15) is 0 Å². The fraction of sp³-hybridized carbons (Fsp3) is 0.158. The van der Waals surface area contributed by atoms with E-state index in [0.717, 1.165) is 34.7 Å². The Morgan fingerprint density at radius 2 is 1.88 bits per heavy atom. The predicted octanol–water partition coefficient (Wildman–Crippen LogP) is 4.85. The topological polar surface area (TPSA) is 50.4 Å². The second-order valence-electron chi connectivity index (χ2n) is 5.33. The van der Waals surface area contributed by atoms with Gasteiger partial charge in [-0.05, 0) is 36.4 Å². The molecule has 1 aromatic heterocycles. The first-order valence-electron chi connectivity index (χ1n) is 7.87. The van der Waals surface area contributed by atoms with Gasteiger partial charge in [0, 0.05) is 22.2 Å². The van der Waals surface area contributed by atoms with Crippen LogP contribution < -0.4 is 0 Å². The summed E-state index contributed by atoms with van der Waals surface area (Å²) in [6, 6.07) is 18.2. The summed E-state index contributed by atoms with van der Waals surface area (Å²) in [6.45, 7) is 2.18. The highest BCUT2D eigenvalue weighted by atomic mass is 32.2. The normalized spacial score (nSPS) is 11.2. The summed E-state index contributed by atoms with van der Waals surface area (Å²) in [5, 5.41) is 16.8. The number of thioether (sulfide) groups is 1. The van der Waals surface area contributed by atoms with Gasteiger partial charge in [-0.15, -0.1) is 11.8 Å². The van der Waals surface area contributed by atoms with Gasteiger partial charge in [-0.1, -0.05) is 42.4 Å². The lowest BCUT2D eigenvalue weighted by atomic mass is 10.1. The zero-order valence-electron chi connectivity index (χ0n) is 13.5. The van der Waals surface area contributed by atoms with E-state index in [1.807, 2.05) is 48.3 Å². The van der Waals surface area contributed by atoms with Crippen molar-refractivity contribution in [2.45, 2.75) is 18.2 Å². The van der Waals surface area contributed by atoms with E-state index >= 15 is 0 Å². The number of nitrogens with zero attached hydrogens (tertiary/aromatic N) is 3. The van der Waals surface area contributed by atoms with Crippen LogP contribution in [-0.2, 0) is 0 Å². The molecule has 122 valence electrons. The summed E-state index contributed by atoms with van der Waals surface area (Å²) in [5.41, 5.74) is 3.53. The van der Waals surface area contributed by atoms with Crippen molar-refractivity contribution in [3.8, 4) is 16.9 Å². The summed E-state index contributed by atoms with van der Waals surface area (Å²) < 4.78 is 1.80. The minimum Gasteiger partial charge on any atom is -0.411 e. The number of rotatable bonds is 6. The summed E-state index contributed by atoms with van der Waals surface area (Å²) >= 11 is 1.85. The van der Waals surface area contributed by atoms with Crippen LogP contribution in [0.2, 0.25) is 0 Å². The molecule has 5 heteroatoms. The number of hydrogen-bond donors (Lipinski definition) is 1. The van der Waals surface area contributed by atoms with E-state index in [4.69, 9.17) is 5.21 Å². The first-order valence-corrected chi connectivity index (χ1v) is 8.86. The monoisotopic (exact) mass is 337 g/mol. The Bertz CT molecular complexity index is 810. The predicted molar refractivity (Wildman–Crippen MR) is 99.4 cm³/mol. The molecule has 2 aromatic carbocycles. The summed E-state index contributed by atoms with van der Waals surface area (Å²) in [4.78, 5) is 1.25. The molecule has 0 amide bonds. The van der Waals surface area contributed by atoms with Crippen molar-refractivity contribution in [3.63, 3.8) is 0 Å².